The lowest BCUT2D eigenvalue weighted by molar-refractivity contribution is -0.150. The smallest absolute Gasteiger partial charge is 0.331 e. The van der Waals surface area contributed by atoms with Gasteiger partial charge in [0.1, 0.15) is 17.8 Å². The zero-order chi connectivity index (χ0) is 28.5. The van der Waals surface area contributed by atoms with E-state index < -0.39 is 65.8 Å². The Morgan fingerprint density at radius 2 is 1.61 bits per heavy atom. The fourth-order valence-corrected chi connectivity index (χ4v) is 3.62. The molecule has 0 aliphatic carbocycles. The number of aromatic nitrogens is 1. The molecule has 0 radical (unpaired) electrons. The number of aromatic amines is 1. The monoisotopic (exact) mass is 531 g/mol. The van der Waals surface area contributed by atoms with Crippen molar-refractivity contribution in [3.63, 3.8) is 0 Å². The largest absolute Gasteiger partial charge is 0.480 e. The number of benzene rings is 1. The van der Waals surface area contributed by atoms with E-state index >= 15 is 0 Å². The highest BCUT2D eigenvalue weighted by Crippen LogP contribution is 2.15. The maximum Gasteiger partial charge on any atom is 0.331 e. The zero-order valence-corrected chi connectivity index (χ0v) is 21.0. The second-order valence-electron chi connectivity index (χ2n) is 8.76. The van der Waals surface area contributed by atoms with Crippen LogP contribution in [0.25, 0.3) is 0 Å². The van der Waals surface area contributed by atoms with Crippen molar-refractivity contribution in [3.8, 4) is 0 Å². The first kappa shape index (κ1) is 30.2. The number of nitrogens with one attached hydrogen (secondary N) is 4. The van der Waals surface area contributed by atoms with Crippen LogP contribution in [0.3, 0.4) is 0 Å². The predicted octanol–water partition coefficient (Wildman–Crippen LogP) is -1.54. The number of aliphatic hydroxyl groups is 2. The molecule has 2 rings (SSSR count). The number of Topliss-reactive ketones (excluding diaryl/α,β-unsaturated/α-hetero) is 1. The van der Waals surface area contributed by atoms with Gasteiger partial charge in [0.25, 0.3) is 5.91 Å². The number of aliphatic carboxylic acids is 1. The van der Waals surface area contributed by atoms with E-state index in [1.54, 1.807) is 36.4 Å². The number of carbonyl (C=O) groups is 5. The molecule has 0 saturated carbocycles. The maximum absolute atomic E-state index is 13.2. The van der Waals surface area contributed by atoms with Crippen LogP contribution in [0.1, 0.15) is 36.3 Å². The van der Waals surface area contributed by atoms with Crippen molar-refractivity contribution in [2.75, 3.05) is 6.61 Å². The second kappa shape index (κ2) is 13.5. The number of nitrogens with two attached hydrogens (primary N) is 1. The van der Waals surface area contributed by atoms with Gasteiger partial charge >= 0.3 is 5.97 Å². The summed E-state index contributed by atoms with van der Waals surface area (Å²) in [4.78, 5) is 65.8. The number of ketones is 1. The Bertz CT molecular complexity index is 1120. The van der Waals surface area contributed by atoms with Gasteiger partial charge in [0, 0.05) is 6.20 Å². The number of carboxylic acid groups (broad SMARTS) is 1. The minimum absolute atomic E-state index is 0.105. The van der Waals surface area contributed by atoms with Gasteiger partial charge < -0.3 is 42.0 Å². The summed E-state index contributed by atoms with van der Waals surface area (Å²) in [6.07, 6.45) is -0.239. The van der Waals surface area contributed by atoms with Gasteiger partial charge in [-0.3, -0.25) is 19.2 Å². The molecule has 0 spiro atoms. The SMILES string of the molecule is CCC(N)(C(=O)O)C(=O)[C@H](Cc1ccccc1)NC(=O)[C@H](CO)NC(=O)[C@@H](NC(=O)c1ccc[nH]1)[C@@H](C)O. The Morgan fingerprint density at radius 3 is 2.11 bits per heavy atom. The lowest BCUT2D eigenvalue weighted by Crippen LogP contribution is -2.64. The van der Waals surface area contributed by atoms with E-state index in [1.165, 1.54) is 26.1 Å². The van der Waals surface area contributed by atoms with Gasteiger partial charge in [-0.05, 0) is 37.5 Å². The van der Waals surface area contributed by atoms with Gasteiger partial charge in [-0.15, -0.1) is 0 Å². The molecule has 13 nitrogen and oxygen atoms in total. The van der Waals surface area contributed by atoms with Crippen molar-refractivity contribution >= 4 is 29.5 Å². The quantitative estimate of drug-likeness (QED) is 0.132. The van der Waals surface area contributed by atoms with Gasteiger partial charge in [-0.1, -0.05) is 37.3 Å². The first-order valence-electron chi connectivity index (χ1n) is 11.9. The summed E-state index contributed by atoms with van der Waals surface area (Å²) in [6.45, 7) is 1.77. The van der Waals surface area contributed by atoms with Crippen molar-refractivity contribution in [3.05, 3.63) is 59.9 Å². The molecular formula is C25H33N5O8. The van der Waals surface area contributed by atoms with E-state index in [4.69, 9.17) is 5.73 Å². The third-order valence-corrected chi connectivity index (χ3v) is 6.00. The fraction of sp³-hybridized carbons (Fsp3) is 0.400. The van der Waals surface area contributed by atoms with E-state index in [0.717, 1.165) is 0 Å². The number of rotatable bonds is 14. The molecule has 0 bridgehead atoms. The number of hydrogen-bond acceptors (Lipinski definition) is 8. The lowest BCUT2D eigenvalue weighted by Gasteiger charge is -2.29. The van der Waals surface area contributed by atoms with Gasteiger partial charge in [0.05, 0.1) is 18.8 Å². The minimum atomic E-state index is -2.29. The summed E-state index contributed by atoms with van der Waals surface area (Å²) in [5.74, 6) is -5.21. The van der Waals surface area contributed by atoms with E-state index in [9.17, 15) is 39.3 Å². The maximum atomic E-state index is 13.2. The van der Waals surface area contributed by atoms with Crippen LogP contribution in [0, 0.1) is 0 Å². The number of amides is 3. The Balaban J connectivity index is 2.22. The van der Waals surface area contributed by atoms with Crippen LogP contribution in [-0.4, -0.2) is 86.2 Å². The molecule has 1 unspecified atom stereocenters. The highest BCUT2D eigenvalue weighted by molar-refractivity contribution is 6.11. The first-order valence-corrected chi connectivity index (χ1v) is 11.9. The Labute approximate surface area is 218 Å². The van der Waals surface area contributed by atoms with Gasteiger partial charge in [-0.25, -0.2) is 4.79 Å². The summed E-state index contributed by atoms with van der Waals surface area (Å²) >= 11 is 0. The Kier molecular flexibility index (Phi) is 10.7. The number of hydrogen-bond donors (Lipinski definition) is 8. The Hall–Kier alpha value is -4.07. The summed E-state index contributed by atoms with van der Waals surface area (Å²) in [5, 5.41) is 36.4. The second-order valence-corrected chi connectivity index (χ2v) is 8.76. The summed E-state index contributed by atoms with van der Waals surface area (Å²) in [5.41, 5.74) is 4.31. The van der Waals surface area contributed by atoms with Gasteiger partial charge in [0.15, 0.2) is 11.3 Å². The lowest BCUT2D eigenvalue weighted by atomic mass is 9.85. The molecule has 13 heteroatoms. The normalized spacial score (nSPS) is 15.7. The molecule has 206 valence electrons. The van der Waals surface area contributed by atoms with E-state index in [2.05, 4.69) is 20.9 Å². The van der Waals surface area contributed by atoms with Crippen LogP contribution < -0.4 is 21.7 Å². The first-order chi connectivity index (χ1) is 17.9. The zero-order valence-electron chi connectivity index (χ0n) is 21.0. The standard InChI is InChI=1S/C25H33N5O8/c1-3-25(26,24(37)38)20(33)17(12-15-8-5-4-6-9-15)28-22(35)18(13-31)29-23(36)19(14(2)32)30-21(34)16-10-7-11-27-16/h4-11,14,17-19,27,31-32H,3,12-13,26H2,1-2H3,(H,28,35)(H,29,36)(H,30,34)(H,37,38)/t14-,17+,18+,19+,25?/m1/s1. The van der Waals surface area contributed by atoms with Crippen LogP contribution >= 0.6 is 0 Å². The van der Waals surface area contributed by atoms with Crippen molar-refractivity contribution in [1.82, 2.24) is 20.9 Å². The summed E-state index contributed by atoms with van der Waals surface area (Å²) in [6, 6.07) is 6.98. The molecule has 1 aromatic carbocycles. The molecule has 0 saturated heterocycles. The van der Waals surface area contributed by atoms with Gasteiger partial charge in [-0.2, -0.15) is 0 Å². The van der Waals surface area contributed by atoms with Crippen molar-refractivity contribution < 1.29 is 39.3 Å². The number of carbonyl (C=O) groups excluding carboxylic acids is 4. The van der Waals surface area contributed by atoms with Crippen molar-refractivity contribution in [2.24, 2.45) is 5.73 Å². The average Bonchev–Trinajstić information content (AvgIpc) is 3.44. The molecule has 1 aromatic heterocycles. The molecule has 0 aliphatic rings. The summed E-state index contributed by atoms with van der Waals surface area (Å²) in [7, 11) is 0. The van der Waals surface area contributed by atoms with Crippen LogP contribution in [0.15, 0.2) is 48.7 Å². The third-order valence-electron chi connectivity index (χ3n) is 6.00. The van der Waals surface area contributed by atoms with Gasteiger partial charge in [0.2, 0.25) is 11.8 Å². The van der Waals surface area contributed by atoms with Crippen LogP contribution in [0.2, 0.25) is 0 Å². The highest BCUT2D eigenvalue weighted by Gasteiger charge is 2.45. The molecular weight excluding hydrogens is 498 g/mol. The van der Waals surface area contributed by atoms with E-state index in [0.29, 0.717) is 5.56 Å². The molecule has 38 heavy (non-hydrogen) atoms. The molecule has 0 fully saturated rings. The predicted molar refractivity (Wildman–Crippen MR) is 135 cm³/mol. The molecule has 5 atom stereocenters. The molecule has 3 amide bonds. The molecule has 1 heterocycles. The Morgan fingerprint density at radius 1 is 0.974 bits per heavy atom. The number of H-pyrrole nitrogens is 1. The average molecular weight is 532 g/mol. The van der Waals surface area contributed by atoms with Crippen LogP contribution in [0.4, 0.5) is 0 Å². The molecule has 0 aliphatic heterocycles. The third kappa shape index (κ3) is 7.47. The fourth-order valence-electron chi connectivity index (χ4n) is 3.62. The van der Waals surface area contributed by atoms with Crippen LogP contribution in [0.5, 0.6) is 0 Å². The highest BCUT2D eigenvalue weighted by atomic mass is 16.4. The number of carboxylic acids is 1. The summed E-state index contributed by atoms with van der Waals surface area (Å²) < 4.78 is 0. The van der Waals surface area contributed by atoms with E-state index in [-0.39, 0.29) is 18.5 Å². The van der Waals surface area contributed by atoms with Crippen molar-refractivity contribution in [1.29, 1.82) is 0 Å². The molecule has 9 N–H and O–H groups in total. The minimum Gasteiger partial charge on any atom is -0.480 e. The molecule has 2 aromatic rings. The van der Waals surface area contributed by atoms with Crippen molar-refractivity contribution in [2.45, 2.75) is 56.5 Å². The van der Waals surface area contributed by atoms with E-state index in [1.807, 2.05) is 0 Å². The number of aliphatic hydroxyl groups excluding tert-OH is 2. The van der Waals surface area contributed by atoms with Crippen LogP contribution in [-0.2, 0) is 25.6 Å². The topological polar surface area (TPSA) is 224 Å².